The van der Waals surface area contributed by atoms with Gasteiger partial charge < -0.3 is 15.4 Å². The van der Waals surface area contributed by atoms with E-state index in [2.05, 4.69) is 15.3 Å². The maximum Gasteiger partial charge on any atom is 0.345 e. The molecule has 1 aromatic heterocycles. The monoisotopic (exact) mass is 231 g/mol. The summed E-state index contributed by atoms with van der Waals surface area (Å²) in [5.41, 5.74) is 1.12. The first-order chi connectivity index (χ1) is 8.24. The van der Waals surface area contributed by atoms with Gasteiger partial charge in [-0.25, -0.2) is 4.79 Å². The Morgan fingerprint density at radius 1 is 1.41 bits per heavy atom. The SMILES string of the molecule is O=c1nc2cc(O)ccc2c(C2CCNC2)[nH]1. The predicted octanol–water partition coefficient (Wildman–Crippen LogP) is 0.706. The number of H-pyrrole nitrogens is 1. The highest BCUT2D eigenvalue weighted by molar-refractivity contribution is 5.82. The number of aromatic amines is 1. The zero-order chi connectivity index (χ0) is 11.8. The molecule has 0 saturated carbocycles. The largest absolute Gasteiger partial charge is 0.508 e. The highest BCUT2D eigenvalue weighted by Crippen LogP contribution is 2.27. The third-order valence-corrected chi connectivity index (χ3v) is 3.20. The van der Waals surface area contributed by atoms with Crippen LogP contribution in [0.25, 0.3) is 10.9 Å². The van der Waals surface area contributed by atoms with Gasteiger partial charge in [0.15, 0.2) is 0 Å². The lowest BCUT2D eigenvalue weighted by Gasteiger charge is -2.11. The Kier molecular flexibility index (Phi) is 2.33. The number of aromatic nitrogens is 2. The summed E-state index contributed by atoms with van der Waals surface area (Å²) in [5.74, 6) is 0.448. The van der Waals surface area contributed by atoms with E-state index >= 15 is 0 Å². The van der Waals surface area contributed by atoms with Crippen LogP contribution >= 0.6 is 0 Å². The first-order valence-corrected chi connectivity index (χ1v) is 5.68. The maximum atomic E-state index is 11.5. The molecule has 0 radical (unpaired) electrons. The summed E-state index contributed by atoms with van der Waals surface area (Å²) in [6.45, 7) is 1.84. The van der Waals surface area contributed by atoms with Gasteiger partial charge in [0, 0.05) is 29.6 Å². The fourth-order valence-corrected chi connectivity index (χ4v) is 2.38. The second-order valence-corrected chi connectivity index (χ2v) is 4.35. The second kappa shape index (κ2) is 3.85. The number of rotatable bonds is 1. The molecule has 5 nitrogen and oxygen atoms in total. The number of fused-ring (bicyclic) bond motifs is 1. The number of hydrogen-bond donors (Lipinski definition) is 3. The average molecular weight is 231 g/mol. The Morgan fingerprint density at radius 2 is 2.29 bits per heavy atom. The summed E-state index contributed by atoms with van der Waals surface area (Å²) in [5, 5.41) is 13.6. The summed E-state index contributed by atoms with van der Waals surface area (Å²) in [6.07, 6.45) is 1.01. The van der Waals surface area contributed by atoms with Gasteiger partial charge in [0.1, 0.15) is 5.75 Å². The lowest BCUT2D eigenvalue weighted by molar-refractivity contribution is 0.476. The molecule has 5 heteroatoms. The van der Waals surface area contributed by atoms with Crippen molar-refractivity contribution in [2.75, 3.05) is 13.1 Å². The molecule has 1 aliphatic rings. The van der Waals surface area contributed by atoms with Crippen molar-refractivity contribution in [3.8, 4) is 5.75 Å². The Labute approximate surface area is 97.5 Å². The molecule has 17 heavy (non-hydrogen) atoms. The highest BCUT2D eigenvalue weighted by Gasteiger charge is 2.20. The molecule has 3 N–H and O–H groups in total. The molecule has 0 spiro atoms. The van der Waals surface area contributed by atoms with Crippen molar-refractivity contribution in [3.05, 3.63) is 34.4 Å². The molecule has 1 saturated heterocycles. The third-order valence-electron chi connectivity index (χ3n) is 3.20. The molecule has 1 atom stereocenters. The van der Waals surface area contributed by atoms with Crippen molar-refractivity contribution in [2.45, 2.75) is 12.3 Å². The van der Waals surface area contributed by atoms with Gasteiger partial charge >= 0.3 is 5.69 Å². The van der Waals surface area contributed by atoms with Crippen LogP contribution in [0.15, 0.2) is 23.0 Å². The summed E-state index contributed by atoms with van der Waals surface area (Å²) in [4.78, 5) is 18.2. The van der Waals surface area contributed by atoms with E-state index in [1.807, 2.05) is 0 Å². The van der Waals surface area contributed by atoms with E-state index < -0.39 is 0 Å². The van der Waals surface area contributed by atoms with Crippen molar-refractivity contribution in [2.24, 2.45) is 0 Å². The van der Waals surface area contributed by atoms with E-state index in [1.165, 1.54) is 6.07 Å². The minimum Gasteiger partial charge on any atom is -0.508 e. The number of aromatic hydroxyl groups is 1. The molecule has 0 aliphatic carbocycles. The minimum absolute atomic E-state index is 0.131. The van der Waals surface area contributed by atoms with Crippen LogP contribution in [0.4, 0.5) is 0 Å². The van der Waals surface area contributed by atoms with E-state index in [1.54, 1.807) is 12.1 Å². The summed E-state index contributed by atoms with van der Waals surface area (Å²) >= 11 is 0. The van der Waals surface area contributed by atoms with Gasteiger partial charge in [-0.15, -0.1) is 0 Å². The Hall–Kier alpha value is -1.88. The lowest BCUT2D eigenvalue weighted by atomic mass is 10.00. The molecule has 2 heterocycles. The van der Waals surface area contributed by atoms with Gasteiger partial charge in [-0.05, 0) is 25.1 Å². The first-order valence-electron chi connectivity index (χ1n) is 5.68. The van der Waals surface area contributed by atoms with E-state index in [9.17, 15) is 9.90 Å². The lowest BCUT2D eigenvalue weighted by Crippen LogP contribution is -2.17. The van der Waals surface area contributed by atoms with Gasteiger partial charge in [-0.3, -0.25) is 0 Å². The van der Waals surface area contributed by atoms with Gasteiger partial charge in [-0.1, -0.05) is 0 Å². The minimum atomic E-state index is -0.356. The van der Waals surface area contributed by atoms with E-state index in [-0.39, 0.29) is 11.4 Å². The van der Waals surface area contributed by atoms with Gasteiger partial charge in [0.2, 0.25) is 0 Å². The van der Waals surface area contributed by atoms with Crippen molar-refractivity contribution >= 4 is 10.9 Å². The van der Waals surface area contributed by atoms with Gasteiger partial charge in [0.05, 0.1) is 5.52 Å². The molecule has 2 aromatic rings. The molecule has 1 fully saturated rings. The molecule has 88 valence electrons. The Morgan fingerprint density at radius 3 is 3.06 bits per heavy atom. The van der Waals surface area contributed by atoms with Gasteiger partial charge in [-0.2, -0.15) is 4.98 Å². The molecule has 0 bridgehead atoms. The third kappa shape index (κ3) is 1.78. The molecule has 3 rings (SSSR count). The Balaban J connectivity index is 2.25. The molecule has 1 unspecified atom stereocenters. The average Bonchev–Trinajstić information content (AvgIpc) is 2.80. The number of nitrogens with zero attached hydrogens (tertiary/aromatic N) is 1. The van der Waals surface area contributed by atoms with Crippen molar-refractivity contribution in [1.82, 2.24) is 15.3 Å². The Bertz CT molecular complexity index is 615. The quantitative estimate of drug-likeness (QED) is 0.675. The fourth-order valence-electron chi connectivity index (χ4n) is 2.38. The number of nitrogens with one attached hydrogen (secondary N) is 2. The number of phenols is 1. The van der Waals surface area contributed by atoms with Crippen LogP contribution in [0.5, 0.6) is 5.75 Å². The van der Waals surface area contributed by atoms with E-state index in [0.717, 1.165) is 30.6 Å². The highest BCUT2D eigenvalue weighted by atomic mass is 16.3. The molecular formula is C12H13N3O2. The van der Waals surface area contributed by atoms with E-state index in [4.69, 9.17) is 0 Å². The second-order valence-electron chi connectivity index (χ2n) is 4.35. The van der Waals surface area contributed by atoms with Crippen molar-refractivity contribution in [1.29, 1.82) is 0 Å². The van der Waals surface area contributed by atoms with Crippen LogP contribution < -0.4 is 11.0 Å². The van der Waals surface area contributed by atoms with Crippen LogP contribution in [0.2, 0.25) is 0 Å². The maximum absolute atomic E-state index is 11.5. The first kappa shape index (κ1) is 10.3. The topological polar surface area (TPSA) is 78.0 Å². The molecular weight excluding hydrogens is 218 g/mol. The van der Waals surface area contributed by atoms with Crippen molar-refractivity contribution in [3.63, 3.8) is 0 Å². The van der Waals surface area contributed by atoms with Crippen LogP contribution in [0.1, 0.15) is 18.0 Å². The number of benzene rings is 1. The smallest absolute Gasteiger partial charge is 0.345 e. The molecule has 1 aromatic carbocycles. The van der Waals surface area contributed by atoms with E-state index in [0.29, 0.717) is 11.4 Å². The zero-order valence-electron chi connectivity index (χ0n) is 9.23. The molecule has 1 aliphatic heterocycles. The zero-order valence-corrected chi connectivity index (χ0v) is 9.23. The van der Waals surface area contributed by atoms with Crippen molar-refractivity contribution < 1.29 is 5.11 Å². The summed E-state index contributed by atoms with van der Waals surface area (Å²) < 4.78 is 0. The molecule has 0 amide bonds. The predicted molar refractivity (Wildman–Crippen MR) is 64.3 cm³/mol. The standard InChI is InChI=1S/C12H13N3O2/c16-8-1-2-9-10(5-8)14-12(17)15-11(9)7-3-4-13-6-7/h1-2,5,7,13,16H,3-4,6H2,(H,14,15,17). The van der Waals surface area contributed by atoms with Crippen LogP contribution in [-0.2, 0) is 0 Å². The number of phenolic OH excluding ortho intramolecular Hbond substituents is 1. The fraction of sp³-hybridized carbons (Fsp3) is 0.333. The van der Waals surface area contributed by atoms with Crippen LogP contribution in [0, 0.1) is 0 Å². The summed E-state index contributed by atoms with van der Waals surface area (Å²) in [7, 11) is 0. The van der Waals surface area contributed by atoms with Crippen LogP contribution in [0.3, 0.4) is 0 Å². The van der Waals surface area contributed by atoms with Gasteiger partial charge in [0.25, 0.3) is 0 Å². The number of hydrogen-bond acceptors (Lipinski definition) is 4. The normalized spacial score (nSPS) is 19.9. The van der Waals surface area contributed by atoms with Crippen LogP contribution in [-0.4, -0.2) is 28.2 Å². The summed E-state index contributed by atoms with van der Waals surface area (Å²) in [6, 6.07) is 4.95.